The van der Waals surface area contributed by atoms with Crippen LogP contribution in [0.25, 0.3) is 0 Å². The molecule has 2 aromatic rings. The summed E-state index contributed by atoms with van der Waals surface area (Å²) in [5.41, 5.74) is 1.57. The highest BCUT2D eigenvalue weighted by molar-refractivity contribution is 7.98. The number of halogens is 1. The molecule has 1 amide bonds. The monoisotopic (exact) mass is 412 g/mol. The van der Waals surface area contributed by atoms with Gasteiger partial charge in [-0.2, -0.15) is 5.26 Å². The Bertz CT molecular complexity index is 873. The fraction of sp³-hybridized carbons (Fsp3) is 0.409. The van der Waals surface area contributed by atoms with Crippen LogP contribution in [-0.4, -0.2) is 52.9 Å². The van der Waals surface area contributed by atoms with Gasteiger partial charge >= 0.3 is 0 Å². The summed E-state index contributed by atoms with van der Waals surface area (Å²) in [7, 11) is 0. The number of amides is 1. The molecule has 1 aromatic heterocycles. The molecular weight excluding hydrogens is 387 g/mol. The average Bonchev–Trinajstić information content (AvgIpc) is 2.74. The molecule has 3 rings (SSSR count). The number of piperazine rings is 1. The minimum atomic E-state index is -0.261. The molecule has 0 radical (unpaired) electrons. The van der Waals surface area contributed by atoms with Crippen molar-refractivity contribution in [2.24, 2.45) is 5.92 Å². The second-order valence-corrected chi connectivity index (χ2v) is 8.38. The largest absolute Gasteiger partial charge is 0.336 e. The Labute approximate surface area is 175 Å². The van der Waals surface area contributed by atoms with Crippen molar-refractivity contribution in [1.82, 2.24) is 14.8 Å². The highest BCUT2D eigenvalue weighted by Gasteiger charge is 2.29. The van der Waals surface area contributed by atoms with Gasteiger partial charge in [-0.1, -0.05) is 26.0 Å². The van der Waals surface area contributed by atoms with Crippen LogP contribution in [0, 0.1) is 23.1 Å². The Balaban J connectivity index is 1.64. The average molecular weight is 413 g/mol. The van der Waals surface area contributed by atoms with Crippen LogP contribution < -0.4 is 0 Å². The van der Waals surface area contributed by atoms with Crippen LogP contribution in [-0.2, 0) is 5.75 Å². The molecule has 1 aliphatic heterocycles. The Hall–Kier alpha value is -2.43. The first-order valence-corrected chi connectivity index (χ1v) is 10.7. The lowest BCUT2D eigenvalue weighted by atomic mass is 10.0. The van der Waals surface area contributed by atoms with Gasteiger partial charge in [-0.25, -0.2) is 9.37 Å². The summed E-state index contributed by atoms with van der Waals surface area (Å²) in [4.78, 5) is 21.5. The number of nitriles is 1. The molecule has 1 atom stereocenters. The van der Waals surface area contributed by atoms with Crippen molar-refractivity contribution in [3.8, 4) is 6.07 Å². The lowest BCUT2D eigenvalue weighted by Crippen LogP contribution is -2.52. The van der Waals surface area contributed by atoms with Crippen LogP contribution in [0.1, 0.15) is 29.8 Å². The fourth-order valence-corrected chi connectivity index (χ4v) is 4.37. The van der Waals surface area contributed by atoms with E-state index in [9.17, 15) is 14.4 Å². The molecule has 29 heavy (non-hydrogen) atoms. The zero-order valence-corrected chi connectivity index (χ0v) is 17.5. The van der Waals surface area contributed by atoms with Crippen LogP contribution in [0.5, 0.6) is 0 Å². The van der Waals surface area contributed by atoms with Crippen molar-refractivity contribution in [2.45, 2.75) is 30.7 Å². The number of carbonyl (C=O) groups is 1. The van der Waals surface area contributed by atoms with Crippen LogP contribution in [0.3, 0.4) is 0 Å². The van der Waals surface area contributed by atoms with Gasteiger partial charge < -0.3 is 4.90 Å². The standard InChI is InChI=1S/C22H25FN4OS/c1-16(2)20(14-24)26-10-12-27(13-11-26)22(28)19-4-3-9-25-21(19)29-15-17-5-7-18(23)8-6-17/h3-9,16,20H,10-13,15H2,1-2H3. The van der Waals surface area contributed by atoms with Gasteiger partial charge in [-0.3, -0.25) is 9.69 Å². The van der Waals surface area contributed by atoms with Gasteiger partial charge in [0.2, 0.25) is 0 Å². The normalized spacial score (nSPS) is 15.9. The van der Waals surface area contributed by atoms with Crippen LogP contribution in [0.4, 0.5) is 4.39 Å². The lowest BCUT2D eigenvalue weighted by Gasteiger charge is -2.38. The summed E-state index contributed by atoms with van der Waals surface area (Å²) in [6.07, 6.45) is 1.68. The van der Waals surface area contributed by atoms with Crippen molar-refractivity contribution in [3.63, 3.8) is 0 Å². The van der Waals surface area contributed by atoms with Gasteiger partial charge in [0.05, 0.1) is 11.6 Å². The maximum Gasteiger partial charge on any atom is 0.256 e. The summed E-state index contributed by atoms with van der Waals surface area (Å²) < 4.78 is 13.1. The zero-order chi connectivity index (χ0) is 20.8. The molecule has 1 aliphatic rings. The molecule has 0 N–H and O–H groups in total. The molecule has 0 spiro atoms. The second kappa shape index (κ2) is 9.86. The number of hydrogen-bond donors (Lipinski definition) is 0. The zero-order valence-electron chi connectivity index (χ0n) is 16.7. The molecule has 0 bridgehead atoms. The Morgan fingerprint density at radius 3 is 2.52 bits per heavy atom. The second-order valence-electron chi connectivity index (χ2n) is 7.42. The van der Waals surface area contributed by atoms with Gasteiger partial charge in [0.1, 0.15) is 16.9 Å². The summed E-state index contributed by atoms with van der Waals surface area (Å²) in [6.45, 7) is 6.68. The third kappa shape index (κ3) is 5.34. The van der Waals surface area contributed by atoms with Gasteiger partial charge in [-0.15, -0.1) is 11.8 Å². The maximum atomic E-state index is 13.1. The molecule has 1 aromatic carbocycles. The predicted octanol–water partition coefficient (Wildman–Crippen LogP) is 3.82. The molecule has 1 unspecified atom stereocenters. The van der Waals surface area contributed by atoms with E-state index in [0.717, 1.165) is 5.56 Å². The number of carbonyl (C=O) groups excluding carboxylic acids is 1. The van der Waals surface area contributed by atoms with Crippen molar-refractivity contribution in [1.29, 1.82) is 5.26 Å². The first-order chi connectivity index (χ1) is 14.0. The van der Waals surface area contributed by atoms with Crippen LogP contribution in [0.2, 0.25) is 0 Å². The third-order valence-electron chi connectivity index (χ3n) is 5.05. The fourth-order valence-electron chi connectivity index (χ4n) is 3.43. The van der Waals surface area contributed by atoms with Gasteiger partial charge in [0.25, 0.3) is 5.91 Å². The highest BCUT2D eigenvalue weighted by atomic mass is 32.2. The van der Waals surface area contributed by atoms with Crippen molar-refractivity contribution < 1.29 is 9.18 Å². The summed E-state index contributed by atoms with van der Waals surface area (Å²) in [6, 6.07) is 12.2. The topological polar surface area (TPSA) is 60.2 Å². The number of benzene rings is 1. The third-order valence-corrected chi connectivity index (χ3v) is 6.13. The highest BCUT2D eigenvalue weighted by Crippen LogP contribution is 2.26. The van der Waals surface area contributed by atoms with E-state index in [1.165, 1.54) is 23.9 Å². The predicted molar refractivity (Wildman–Crippen MR) is 112 cm³/mol. The number of hydrogen-bond acceptors (Lipinski definition) is 5. The van der Waals surface area contributed by atoms with E-state index in [1.54, 1.807) is 30.5 Å². The van der Waals surface area contributed by atoms with E-state index >= 15 is 0 Å². The minimum absolute atomic E-state index is 0.0302. The Morgan fingerprint density at radius 1 is 1.21 bits per heavy atom. The molecule has 1 saturated heterocycles. The Kier molecular flexibility index (Phi) is 7.24. The number of aromatic nitrogens is 1. The molecular formula is C22H25FN4OS. The van der Waals surface area contributed by atoms with Crippen LogP contribution >= 0.6 is 11.8 Å². The van der Waals surface area contributed by atoms with E-state index in [0.29, 0.717) is 42.5 Å². The Morgan fingerprint density at radius 2 is 1.90 bits per heavy atom. The van der Waals surface area contributed by atoms with Crippen molar-refractivity contribution >= 4 is 17.7 Å². The first kappa shape index (κ1) is 21.3. The lowest BCUT2D eigenvalue weighted by molar-refractivity contribution is 0.0573. The summed E-state index contributed by atoms with van der Waals surface area (Å²) >= 11 is 1.48. The van der Waals surface area contributed by atoms with Crippen molar-refractivity contribution in [2.75, 3.05) is 26.2 Å². The minimum Gasteiger partial charge on any atom is -0.336 e. The maximum absolute atomic E-state index is 13.1. The number of nitrogens with zero attached hydrogens (tertiary/aromatic N) is 4. The number of thioether (sulfide) groups is 1. The molecule has 2 heterocycles. The van der Waals surface area contributed by atoms with E-state index in [-0.39, 0.29) is 23.7 Å². The molecule has 5 nitrogen and oxygen atoms in total. The molecule has 0 aliphatic carbocycles. The summed E-state index contributed by atoms with van der Waals surface area (Å²) in [5, 5.41) is 10.1. The van der Waals surface area contributed by atoms with Gasteiger partial charge in [0.15, 0.2) is 0 Å². The SMILES string of the molecule is CC(C)C(C#N)N1CCN(C(=O)c2cccnc2SCc2ccc(F)cc2)CC1. The number of rotatable bonds is 6. The first-order valence-electron chi connectivity index (χ1n) is 9.75. The van der Waals surface area contributed by atoms with E-state index in [2.05, 4.69) is 16.0 Å². The van der Waals surface area contributed by atoms with E-state index < -0.39 is 0 Å². The molecule has 152 valence electrons. The molecule has 7 heteroatoms. The summed E-state index contributed by atoms with van der Waals surface area (Å²) in [5.74, 6) is 0.582. The van der Waals surface area contributed by atoms with E-state index in [4.69, 9.17) is 0 Å². The van der Waals surface area contributed by atoms with Gasteiger partial charge in [-0.05, 0) is 35.7 Å². The van der Waals surface area contributed by atoms with Crippen LogP contribution in [0.15, 0.2) is 47.6 Å². The van der Waals surface area contributed by atoms with E-state index in [1.807, 2.05) is 18.7 Å². The molecule has 0 saturated carbocycles. The molecule has 1 fully saturated rings. The quantitative estimate of drug-likeness (QED) is 0.675. The van der Waals surface area contributed by atoms with Crippen molar-refractivity contribution in [3.05, 3.63) is 59.5 Å². The van der Waals surface area contributed by atoms with Gasteiger partial charge in [0, 0.05) is 38.1 Å². The smallest absolute Gasteiger partial charge is 0.256 e. The number of pyridine rings is 1.